The van der Waals surface area contributed by atoms with Gasteiger partial charge in [0.05, 0.1) is 7.11 Å². The van der Waals surface area contributed by atoms with E-state index in [1.54, 1.807) is 22.6 Å². The molecule has 0 fully saturated rings. The maximum Gasteiger partial charge on any atom is 0.574 e. The first-order chi connectivity index (χ1) is 7.39. The summed E-state index contributed by atoms with van der Waals surface area (Å²) in [5.41, 5.74) is 0.0708. The van der Waals surface area contributed by atoms with Crippen LogP contribution < -0.4 is 9.47 Å². The number of methoxy groups -OCH3 is 1. The summed E-state index contributed by atoms with van der Waals surface area (Å²) >= 11 is 1.55. The van der Waals surface area contributed by atoms with Gasteiger partial charge in [0, 0.05) is 11.8 Å². The third-order valence-corrected chi connectivity index (χ3v) is 2.53. The molecular formula is C8H6F4INO2. The second-order valence-corrected chi connectivity index (χ2v) is 3.70. The van der Waals surface area contributed by atoms with E-state index in [9.17, 15) is 17.6 Å². The maximum atomic E-state index is 12.4. The summed E-state index contributed by atoms with van der Waals surface area (Å²) in [6, 6.07) is 0. The Kier molecular flexibility index (Phi) is 4.16. The van der Waals surface area contributed by atoms with E-state index in [0.29, 0.717) is 0 Å². The highest BCUT2D eigenvalue weighted by atomic mass is 127. The van der Waals surface area contributed by atoms with Gasteiger partial charge in [-0.05, 0) is 22.6 Å². The molecule has 8 heteroatoms. The number of nitrogens with zero attached hydrogens (tertiary/aromatic N) is 1. The first-order valence-electron chi connectivity index (χ1n) is 3.92. The second kappa shape index (κ2) is 5.02. The molecule has 0 unspecified atom stereocenters. The fraction of sp³-hybridized carbons (Fsp3) is 0.375. The third-order valence-electron chi connectivity index (χ3n) is 1.58. The smallest absolute Gasteiger partial charge is 0.495 e. The first-order valence-corrected chi connectivity index (χ1v) is 5.00. The Labute approximate surface area is 102 Å². The van der Waals surface area contributed by atoms with Crippen molar-refractivity contribution in [3.8, 4) is 11.6 Å². The van der Waals surface area contributed by atoms with Crippen LogP contribution in [0.5, 0.6) is 11.6 Å². The van der Waals surface area contributed by atoms with Crippen molar-refractivity contribution in [2.75, 3.05) is 7.11 Å². The lowest BCUT2D eigenvalue weighted by Gasteiger charge is -2.13. The van der Waals surface area contributed by atoms with Gasteiger partial charge in [-0.25, -0.2) is 9.37 Å². The van der Waals surface area contributed by atoms with Gasteiger partial charge in [0.2, 0.25) is 5.88 Å². The molecule has 0 aliphatic carbocycles. The van der Waals surface area contributed by atoms with Crippen molar-refractivity contribution in [3.05, 3.63) is 15.3 Å². The summed E-state index contributed by atoms with van der Waals surface area (Å²) in [6.07, 6.45) is -3.89. The van der Waals surface area contributed by atoms with Crippen molar-refractivity contribution in [1.29, 1.82) is 0 Å². The molecule has 0 radical (unpaired) electrons. The average Bonchev–Trinajstić information content (AvgIpc) is 2.19. The van der Waals surface area contributed by atoms with E-state index in [1.165, 1.54) is 7.11 Å². The Morgan fingerprint density at radius 1 is 1.44 bits per heavy atom. The molecule has 90 valence electrons. The average molecular weight is 351 g/mol. The van der Waals surface area contributed by atoms with Crippen LogP contribution in [0.15, 0.2) is 6.20 Å². The summed E-state index contributed by atoms with van der Waals surface area (Å²) in [5, 5.41) is 0. The molecule has 0 saturated carbocycles. The van der Waals surface area contributed by atoms with Crippen LogP contribution in [-0.4, -0.2) is 18.5 Å². The van der Waals surface area contributed by atoms with E-state index in [2.05, 4.69) is 9.72 Å². The van der Waals surface area contributed by atoms with Gasteiger partial charge < -0.3 is 9.47 Å². The lowest BCUT2D eigenvalue weighted by atomic mass is 10.3. The summed E-state index contributed by atoms with van der Waals surface area (Å²) in [5.74, 6) is -0.653. The van der Waals surface area contributed by atoms with E-state index in [4.69, 9.17) is 4.74 Å². The van der Waals surface area contributed by atoms with Gasteiger partial charge in [-0.3, -0.25) is 0 Å². The van der Waals surface area contributed by atoms with Gasteiger partial charge in [-0.1, -0.05) is 0 Å². The standard InChI is InChI=1S/C8H6F4INO2/c1-15-6-4(2-9)3-14-7(5(6)13)16-8(10,11)12/h3H,2H2,1H3. The fourth-order valence-corrected chi connectivity index (χ4v) is 1.80. The molecule has 0 aliphatic heterocycles. The van der Waals surface area contributed by atoms with Crippen LogP contribution >= 0.6 is 22.6 Å². The van der Waals surface area contributed by atoms with Gasteiger partial charge in [-0.15, -0.1) is 13.2 Å². The highest BCUT2D eigenvalue weighted by Crippen LogP contribution is 2.34. The molecule has 0 atom stereocenters. The molecule has 0 aliphatic rings. The van der Waals surface area contributed by atoms with Gasteiger partial charge in [-0.2, -0.15) is 0 Å². The molecule has 0 bridgehead atoms. The minimum atomic E-state index is -4.84. The predicted molar refractivity (Wildman–Crippen MR) is 55.0 cm³/mol. The molecule has 0 spiro atoms. The Morgan fingerprint density at radius 2 is 2.06 bits per heavy atom. The molecule has 0 saturated heterocycles. The normalized spacial score (nSPS) is 11.4. The number of rotatable bonds is 3. The van der Waals surface area contributed by atoms with E-state index in [-0.39, 0.29) is 14.9 Å². The molecular weight excluding hydrogens is 345 g/mol. The monoisotopic (exact) mass is 351 g/mol. The van der Waals surface area contributed by atoms with Gasteiger partial charge in [0.15, 0.2) is 0 Å². The Balaban J connectivity index is 3.14. The summed E-state index contributed by atoms with van der Waals surface area (Å²) in [7, 11) is 1.23. The van der Waals surface area contributed by atoms with Crippen LogP contribution in [-0.2, 0) is 6.67 Å². The SMILES string of the molecule is COc1c(CF)cnc(OC(F)(F)F)c1I. The Morgan fingerprint density at radius 3 is 2.50 bits per heavy atom. The van der Waals surface area contributed by atoms with E-state index in [1.807, 2.05) is 0 Å². The Bertz CT molecular complexity index is 383. The van der Waals surface area contributed by atoms with Crippen LogP contribution in [0.3, 0.4) is 0 Å². The van der Waals surface area contributed by atoms with Crippen molar-refractivity contribution < 1.29 is 27.0 Å². The van der Waals surface area contributed by atoms with Crippen LogP contribution in [0.4, 0.5) is 17.6 Å². The first kappa shape index (κ1) is 13.3. The largest absolute Gasteiger partial charge is 0.574 e. The van der Waals surface area contributed by atoms with Gasteiger partial charge in [0.25, 0.3) is 0 Å². The summed E-state index contributed by atoms with van der Waals surface area (Å²) < 4.78 is 56.7. The molecule has 0 amide bonds. The van der Waals surface area contributed by atoms with E-state index in [0.717, 1.165) is 6.20 Å². The quantitative estimate of drug-likeness (QED) is 0.620. The van der Waals surface area contributed by atoms with Crippen LogP contribution in [0.2, 0.25) is 0 Å². The zero-order chi connectivity index (χ0) is 12.3. The van der Waals surface area contributed by atoms with E-state index >= 15 is 0 Å². The molecule has 0 N–H and O–H groups in total. The molecule has 1 aromatic rings. The van der Waals surface area contributed by atoms with Crippen molar-refractivity contribution in [3.63, 3.8) is 0 Å². The highest BCUT2D eigenvalue weighted by molar-refractivity contribution is 14.1. The number of halogens is 5. The zero-order valence-electron chi connectivity index (χ0n) is 7.94. The zero-order valence-corrected chi connectivity index (χ0v) is 10.1. The van der Waals surface area contributed by atoms with Gasteiger partial charge >= 0.3 is 6.36 Å². The number of hydrogen-bond donors (Lipinski definition) is 0. The molecule has 0 aromatic carbocycles. The number of hydrogen-bond acceptors (Lipinski definition) is 3. The maximum absolute atomic E-state index is 12.4. The van der Waals surface area contributed by atoms with Crippen molar-refractivity contribution in [2.45, 2.75) is 13.0 Å². The summed E-state index contributed by atoms with van der Waals surface area (Å²) in [6.45, 7) is -0.877. The van der Waals surface area contributed by atoms with Crippen LogP contribution in [0, 0.1) is 3.57 Å². The van der Waals surface area contributed by atoms with Crippen molar-refractivity contribution in [2.24, 2.45) is 0 Å². The lowest BCUT2D eigenvalue weighted by molar-refractivity contribution is -0.276. The topological polar surface area (TPSA) is 31.4 Å². The number of alkyl halides is 4. The predicted octanol–water partition coefficient (Wildman–Crippen LogP) is 3.06. The highest BCUT2D eigenvalue weighted by Gasteiger charge is 2.33. The van der Waals surface area contributed by atoms with Crippen LogP contribution in [0.1, 0.15) is 5.56 Å². The molecule has 1 heterocycles. The van der Waals surface area contributed by atoms with Crippen LogP contribution in [0.25, 0.3) is 0 Å². The molecule has 1 rings (SSSR count). The number of ether oxygens (including phenoxy) is 2. The lowest BCUT2D eigenvalue weighted by Crippen LogP contribution is -2.19. The molecule has 3 nitrogen and oxygen atoms in total. The van der Waals surface area contributed by atoms with Crippen molar-refractivity contribution >= 4 is 22.6 Å². The Hall–Kier alpha value is -0.800. The molecule has 16 heavy (non-hydrogen) atoms. The van der Waals surface area contributed by atoms with E-state index < -0.39 is 18.9 Å². The second-order valence-electron chi connectivity index (χ2n) is 2.62. The third kappa shape index (κ3) is 3.09. The molecule has 1 aromatic heterocycles. The fourth-order valence-electron chi connectivity index (χ4n) is 0.987. The number of pyridine rings is 1. The number of aromatic nitrogens is 1. The van der Waals surface area contributed by atoms with Crippen molar-refractivity contribution in [1.82, 2.24) is 4.98 Å². The minimum Gasteiger partial charge on any atom is -0.495 e. The summed E-state index contributed by atoms with van der Waals surface area (Å²) in [4.78, 5) is 3.37. The van der Waals surface area contributed by atoms with Gasteiger partial charge in [0.1, 0.15) is 16.0 Å². The minimum absolute atomic E-state index is 0.00245.